The van der Waals surface area contributed by atoms with Crippen molar-refractivity contribution in [3.05, 3.63) is 41.6 Å². The maximum atomic E-state index is 12.4. The third-order valence-corrected chi connectivity index (χ3v) is 3.71. The molecule has 0 spiro atoms. The topological polar surface area (TPSA) is 80.3 Å². The fourth-order valence-electron chi connectivity index (χ4n) is 2.46. The van der Waals surface area contributed by atoms with E-state index in [1.54, 1.807) is 22.9 Å². The van der Waals surface area contributed by atoms with Crippen LogP contribution in [0.5, 0.6) is 0 Å². The number of aromatic nitrogens is 2. The van der Waals surface area contributed by atoms with Crippen LogP contribution in [-0.2, 0) is 0 Å². The maximum absolute atomic E-state index is 12.4. The predicted octanol–water partition coefficient (Wildman–Crippen LogP) is 2.61. The Balaban J connectivity index is 2.06. The van der Waals surface area contributed by atoms with Crippen molar-refractivity contribution in [2.75, 3.05) is 6.54 Å². The van der Waals surface area contributed by atoms with E-state index in [2.05, 4.69) is 24.3 Å². The van der Waals surface area contributed by atoms with Crippen molar-refractivity contribution < 1.29 is 14.3 Å². The molecule has 0 aliphatic carbocycles. The molecule has 2 aromatic heterocycles. The Labute approximate surface area is 130 Å². The van der Waals surface area contributed by atoms with Gasteiger partial charge in [0.2, 0.25) is 0 Å². The SMILES string of the molecule is CCC(CC)n1nc(C)cc1C(=O)NCC(O)c1ccco1. The van der Waals surface area contributed by atoms with Crippen molar-refractivity contribution in [2.24, 2.45) is 0 Å². The van der Waals surface area contributed by atoms with Crippen LogP contribution >= 0.6 is 0 Å². The van der Waals surface area contributed by atoms with Gasteiger partial charge in [-0.15, -0.1) is 0 Å². The van der Waals surface area contributed by atoms with E-state index >= 15 is 0 Å². The van der Waals surface area contributed by atoms with E-state index in [-0.39, 0.29) is 18.5 Å². The maximum Gasteiger partial charge on any atom is 0.269 e. The zero-order valence-corrected chi connectivity index (χ0v) is 13.2. The van der Waals surface area contributed by atoms with Crippen molar-refractivity contribution in [3.63, 3.8) is 0 Å². The molecule has 6 nitrogen and oxygen atoms in total. The number of nitrogens with one attached hydrogen (secondary N) is 1. The Morgan fingerprint density at radius 3 is 2.77 bits per heavy atom. The molecule has 1 unspecified atom stereocenters. The number of hydrogen-bond donors (Lipinski definition) is 2. The number of carbonyl (C=O) groups excluding carboxylic acids is 1. The molecule has 0 saturated carbocycles. The van der Waals surface area contributed by atoms with Crippen LogP contribution in [0, 0.1) is 6.92 Å². The summed E-state index contributed by atoms with van der Waals surface area (Å²) in [6, 6.07) is 5.35. The van der Waals surface area contributed by atoms with Crippen molar-refractivity contribution in [1.82, 2.24) is 15.1 Å². The minimum atomic E-state index is -0.857. The zero-order chi connectivity index (χ0) is 16.1. The molecule has 0 saturated heterocycles. The van der Waals surface area contributed by atoms with E-state index in [0.29, 0.717) is 11.5 Å². The highest BCUT2D eigenvalue weighted by Crippen LogP contribution is 2.19. The molecule has 0 aliphatic rings. The summed E-state index contributed by atoms with van der Waals surface area (Å²) in [7, 11) is 0. The molecule has 0 aromatic carbocycles. The first kappa shape index (κ1) is 16.3. The van der Waals surface area contributed by atoms with Crippen LogP contribution in [0.3, 0.4) is 0 Å². The van der Waals surface area contributed by atoms with E-state index in [0.717, 1.165) is 18.5 Å². The van der Waals surface area contributed by atoms with Crippen molar-refractivity contribution in [3.8, 4) is 0 Å². The number of aryl methyl sites for hydroxylation is 1. The van der Waals surface area contributed by atoms with E-state index in [1.807, 2.05) is 6.92 Å². The number of amides is 1. The molecule has 0 radical (unpaired) electrons. The quantitative estimate of drug-likeness (QED) is 0.824. The van der Waals surface area contributed by atoms with Gasteiger partial charge < -0.3 is 14.8 Å². The molecular weight excluding hydrogens is 282 g/mol. The lowest BCUT2D eigenvalue weighted by atomic mass is 10.1. The minimum absolute atomic E-state index is 0.0967. The van der Waals surface area contributed by atoms with Crippen LogP contribution in [0.2, 0.25) is 0 Å². The summed E-state index contributed by atoms with van der Waals surface area (Å²) < 4.78 is 6.90. The summed E-state index contributed by atoms with van der Waals surface area (Å²) in [6.07, 6.45) is 2.45. The first-order valence-corrected chi connectivity index (χ1v) is 7.62. The second-order valence-electron chi connectivity index (χ2n) is 5.33. The molecular formula is C16H23N3O3. The molecule has 2 rings (SSSR count). The van der Waals surface area contributed by atoms with Crippen LogP contribution < -0.4 is 5.32 Å². The van der Waals surface area contributed by atoms with Gasteiger partial charge in [0, 0.05) is 0 Å². The molecule has 120 valence electrons. The van der Waals surface area contributed by atoms with Gasteiger partial charge >= 0.3 is 0 Å². The van der Waals surface area contributed by atoms with Gasteiger partial charge in [-0.3, -0.25) is 9.48 Å². The van der Waals surface area contributed by atoms with Crippen LogP contribution in [0.4, 0.5) is 0 Å². The molecule has 2 heterocycles. The Bertz CT molecular complexity index is 600. The molecule has 1 amide bonds. The predicted molar refractivity (Wildman–Crippen MR) is 82.6 cm³/mol. The largest absolute Gasteiger partial charge is 0.467 e. The zero-order valence-electron chi connectivity index (χ0n) is 13.2. The van der Waals surface area contributed by atoms with Gasteiger partial charge in [-0.05, 0) is 38.0 Å². The van der Waals surface area contributed by atoms with Gasteiger partial charge in [-0.25, -0.2) is 0 Å². The average Bonchev–Trinajstić information content (AvgIpc) is 3.15. The van der Waals surface area contributed by atoms with E-state index in [9.17, 15) is 9.90 Å². The molecule has 2 N–H and O–H groups in total. The van der Waals surface area contributed by atoms with Crippen LogP contribution in [0.15, 0.2) is 28.9 Å². The third-order valence-electron chi connectivity index (χ3n) is 3.71. The highest BCUT2D eigenvalue weighted by Gasteiger charge is 2.20. The summed E-state index contributed by atoms with van der Waals surface area (Å²) in [4.78, 5) is 12.4. The standard InChI is InChI=1S/C16H23N3O3/c1-4-12(5-2)19-13(9-11(3)18-19)16(21)17-10-14(20)15-7-6-8-22-15/h6-9,12,14,20H,4-5,10H2,1-3H3,(H,17,21). The lowest BCUT2D eigenvalue weighted by molar-refractivity contribution is 0.0887. The Morgan fingerprint density at radius 1 is 1.45 bits per heavy atom. The summed E-state index contributed by atoms with van der Waals surface area (Å²) >= 11 is 0. The summed E-state index contributed by atoms with van der Waals surface area (Å²) in [5.41, 5.74) is 1.33. The molecule has 1 atom stereocenters. The second-order valence-corrected chi connectivity index (χ2v) is 5.33. The smallest absolute Gasteiger partial charge is 0.269 e. The Hall–Kier alpha value is -2.08. The van der Waals surface area contributed by atoms with Gasteiger partial charge in [-0.2, -0.15) is 5.10 Å². The van der Waals surface area contributed by atoms with E-state index in [1.165, 1.54) is 6.26 Å². The summed E-state index contributed by atoms with van der Waals surface area (Å²) in [5, 5.41) is 17.1. The fourth-order valence-corrected chi connectivity index (χ4v) is 2.46. The number of hydrogen-bond acceptors (Lipinski definition) is 4. The minimum Gasteiger partial charge on any atom is -0.467 e. The van der Waals surface area contributed by atoms with Gasteiger partial charge in [0.05, 0.1) is 24.5 Å². The van der Waals surface area contributed by atoms with Crippen LogP contribution in [0.25, 0.3) is 0 Å². The summed E-state index contributed by atoms with van der Waals surface area (Å²) in [5.74, 6) is 0.197. The lowest BCUT2D eigenvalue weighted by Gasteiger charge is -2.17. The number of rotatable bonds is 7. The number of carbonyl (C=O) groups is 1. The van der Waals surface area contributed by atoms with E-state index in [4.69, 9.17) is 4.42 Å². The molecule has 0 bridgehead atoms. The second kappa shape index (κ2) is 7.26. The van der Waals surface area contributed by atoms with Crippen molar-refractivity contribution >= 4 is 5.91 Å². The summed E-state index contributed by atoms with van der Waals surface area (Å²) in [6.45, 7) is 6.12. The van der Waals surface area contributed by atoms with Crippen molar-refractivity contribution in [1.29, 1.82) is 0 Å². The molecule has 0 fully saturated rings. The van der Waals surface area contributed by atoms with Crippen LogP contribution in [-0.4, -0.2) is 27.3 Å². The average molecular weight is 305 g/mol. The number of aliphatic hydroxyl groups excluding tert-OH is 1. The van der Waals surface area contributed by atoms with Gasteiger partial charge in [0.15, 0.2) is 0 Å². The van der Waals surface area contributed by atoms with Crippen LogP contribution in [0.1, 0.15) is 60.8 Å². The molecule has 2 aromatic rings. The van der Waals surface area contributed by atoms with Crippen molar-refractivity contribution in [2.45, 2.75) is 45.8 Å². The third kappa shape index (κ3) is 3.57. The molecule has 6 heteroatoms. The number of nitrogens with zero attached hydrogens (tertiary/aromatic N) is 2. The Morgan fingerprint density at radius 2 is 2.18 bits per heavy atom. The number of furan rings is 1. The van der Waals surface area contributed by atoms with Gasteiger partial charge in [-0.1, -0.05) is 13.8 Å². The first-order valence-electron chi connectivity index (χ1n) is 7.62. The fraction of sp³-hybridized carbons (Fsp3) is 0.500. The molecule has 0 aliphatic heterocycles. The highest BCUT2D eigenvalue weighted by atomic mass is 16.4. The monoisotopic (exact) mass is 305 g/mol. The first-order chi connectivity index (χ1) is 10.6. The van der Waals surface area contributed by atoms with E-state index < -0.39 is 6.10 Å². The number of aliphatic hydroxyl groups is 1. The lowest BCUT2D eigenvalue weighted by Crippen LogP contribution is -2.31. The van der Waals surface area contributed by atoms with Gasteiger partial charge in [0.25, 0.3) is 5.91 Å². The Kier molecular flexibility index (Phi) is 5.38. The van der Waals surface area contributed by atoms with Gasteiger partial charge in [0.1, 0.15) is 17.6 Å². The normalized spacial score (nSPS) is 12.6. The molecule has 22 heavy (non-hydrogen) atoms. The highest BCUT2D eigenvalue weighted by molar-refractivity contribution is 5.92.